The first-order chi connectivity index (χ1) is 22.5. The van der Waals surface area contributed by atoms with Crippen molar-refractivity contribution in [3.8, 4) is 5.75 Å². The molecule has 3 rings (SSSR count). The van der Waals surface area contributed by atoms with Crippen LogP contribution in [0.3, 0.4) is 0 Å². The summed E-state index contributed by atoms with van der Waals surface area (Å²) in [5.74, 6) is -10.7. The van der Waals surface area contributed by atoms with Gasteiger partial charge in [-0.05, 0) is 41.7 Å². The lowest BCUT2D eigenvalue weighted by Gasteiger charge is -2.32. The number of halogens is 7. The number of carbonyl (C=O) groups is 3. The molecule has 0 aliphatic carbocycles. The van der Waals surface area contributed by atoms with Crippen molar-refractivity contribution in [2.45, 2.75) is 63.5 Å². The van der Waals surface area contributed by atoms with E-state index in [1.165, 1.54) is 32.0 Å². The number of ketones is 1. The molecule has 260 valence electrons. The van der Waals surface area contributed by atoms with E-state index < -0.39 is 72.7 Å². The number of hydrogen-bond acceptors (Lipinski definition) is 5. The lowest BCUT2D eigenvalue weighted by molar-refractivity contribution is -0.178. The number of aliphatic hydroxyl groups is 1. The second kappa shape index (κ2) is 17.1. The molecule has 2 amide bonds. The van der Waals surface area contributed by atoms with Crippen molar-refractivity contribution in [1.82, 2.24) is 10.6 Å². The average molecular weight is 718 g/mol. The van der Waals surface area contributed by atoms with Crippen molar-refractivity contribution >= 4 is 40.8 Å². The van der Waals surface area contributed by atoms with Crippen LogP contribution in [0.4, 0.5) is 22.0 Å². The SMILES string of the molecule is CC(C)[C@H](CC(=O)[C@H](Cc1ccccc1)NC(=O)[C@@H](Cc1ccccc1)Oc1cc(Cl)cc(Cl)c1)[C@@H](O)C(F)(F)C(=O)NCC(F)(F)F. The Labute approximate surface area is 284 Å². The molecule has 0 saturated heterocycles. The zero-order valence-corrected chi connectivity index (χ0v) is 27.5. The van der Waals surface area contributed by atoms with Crippen molar-refractivity contribution in [3.05, 3.63) is 100 Å². The Morgan fingerprint density at radius 2 is 1.35 bits per heavy atom. The molecule has 0 bridgehead atoms. The third-order valence-corrected chi connectivity index (χ3v) is 7.92. The largest absolute Gasteiger partial charge is 0.480 e. The first-order valence-corrected chi connectivity index (χ1v) is 15.7. The van der Waals surface area contributed by atoms with Gasteiger partial charge in [0.25, 0.3) is 11.8 Å². The van der Waals surface area contributed by atoms with Gasteiger partial charge in [0.05, 0.1) is 6.04 Å². The van der Waals surface area contributed by atoms with Crippen molar-refractivity contribution < 1.29 is 46.2 Å². The molecule has 0 unspecified atom stereocenters. The summed E-state index contributed by atoms with van der Waals surface area (Å²) < 4.78 is 73.5. The molecule has 0 aromatic heterocycles. The molecule has 3 N–H and O–H groups in total. The van der Waals surface area contributed by atoms with Gasteiger partial charge in [0, 0.05) is 28.8 Å². The van der Waals surface area contributed by atoms with E-state index in [1.807, 2.05) is 0 Å². The molecular weight excluding hydrogens is 682 g/mol. The number of carbonyl (C=O) groups excluding carboxylic acids is 3. The summed E-state index contributed by atoms with van der Waals surface area (Å²) in [5.41, 5.74) is 1.32. The number of benzene rings is 3. The van der Waals surface area contributed by atoms with Gasteiger partial charge in [0.2, 0.25) is 0 Å². The van der Waals surface area contributed by atoms with Gasteiger partial charge in [-0.1, -0.05) is 97.7 Å². The van der Waals surface area contributed by atoms with Crippen molar-refractivity contribution in [3.63, 3.8) is 0 Å². The van der Waals surface area contributed by atoms with Crippen molar-refractivity contribution in [2.24, 2.45) is 11.8 Å². The van der Waals surface area contributed by atoms with Gasteiger partial charge in [-0.2, -0.15) is 22.0 Å². The van der Waals surface area contributed by atoms with Crippen molar-refractivity contribution in [2.75, 3.05) is 6.54 Å². The number of alkyl halides is 5. The molecule has 7 nitrogen and oxygen atoms in total. The lowest BCUT2D eigenvalue weighted by atomic mass is 9.81. The number of amides is 2. The van der Waals surface area contributed by atoms with Crippen LogP contribution in [0.25, 0.3) is 0 Å². The van der Waals surface area contributed by atoms with Gasteiger partial charge in [-0.25, -0.2) is 0 Å². The van der Waals surface area contributed by atoms with Crippen LogP contribution in [0, 0.1) is 11.8 Å². The summed E-state index contributed by atoms with van der Waals surface area (Å²) in [6.45, 7) is 0.795. The number of ether oxygens (including phenoxy) is 1. The Morgan fingerprint density at radius 3 is 1.85 bits per heavy atom. The fourth-order valence-electron chi connectivity index (χ4n) is 4.92. The van der Waals surface area contributed by atoms with E-state index in [-0.39, 0.29) is 28.6 Å². The molecule has 0 fully saturated rings. The van der Waals surface area contributed by atoms with Gasteiger partial charge in [0.15, 0.2) is 11.9 Å². The maximum atomic E-state index is 14.9. The van der Waals surface area contributed by atoms with Crippen LogP contribution in [-0.4, -0.2) is 59.6 Å². The van der Waals surface area contributed by atoms with Gasteiger partial charge in [-0.3, -0.25) is 14.4 Å². The molecule has 48 heavy (non-hydrogen) atoms. The third-order valence-electron chi connectivity index (χ3n) is 7.48. The predicted octanol–water partition coefficient (Wildman–Crippen LogP) is 6.62. The molecule has 0 heterocycles. The van der Waals surface area contributed by atoms with Crippen LogP contribution < -0.4 is 15.4 Å². The number of rotatable bonds is 16. The Hall–Kier alpha value is -3.74. The minimum absolute atomic E-state index is 0.0512. The van der Waals surface area contributed by atoms with E-state index in [9.17, 15) is 41.4 Å². The third kappa shape index (κ3) is 11.7. The number of nitrogens with one attached hydrogen (secondary N) is 2. The van der Waals surface area contributed by atoms with Crippen molar-refractivity contribution in [1.29, 1.82) is 0 Å². The highest BCUT2D eigenvalue weighted by Gasteiger charge is 2.51. The van der Waals surface area contributed by atoms with Crippen LogP contribution in [0.2, 0.25) is 10.0 Å². The molecule has 14 heteroatoms. The Balaban J connectivity index is 1.89. The molecule has 3 aromatic rings. The zero-order valence-electron chi connectivity index (χ0n) is 25.9. The Bertz CT molecular complexity index is 1510. The maximum absolute atomic E-state index is 14.9. The molecule has 3 aromatic carbocycles. The standard InChI is InChI=1S/C34H35Cl2F5N2O5/c1-20(2)26(30(45)34(40,41)32(47)42-19-33(37,38)39)18-28(44)27(13-21-9-5-3-6-10-21)43-31(46)29(14-22-11-7-4-8-12-22)48-25-16-23(35)15-24(36)17-25/h3-12,15-17,20,26-27,29-30,45H,13-14,18-19H2,1-2H3,(H,42,47)(H,43,46)/t26-,27-,29+,30+/m0/s1. The number of Topliss-reactive ketones (excluding diaryl/α,β-unsaturated/α-hetero) is 1. The average Bonchev–Trinajstić information content (AvgIpc) is 3.01. The Morgan fingerprint density at radius 1 is 0.833 bits per heavy atom. The van der Waals surface area contributed by atoms with E-state index in [4.69, 9.17) is 27.9 Å². The van der Waals surface area contributed by atoms with Crippen LogP contribution in [0.1, 0.15) is 31.4 Å². The second-order valence-corrected chi connectivity index (χ2v) is 12.5. The number of aliphatic hydroxyl groups excluding tert-OH is 1. The van der Waals surface area contributed by atoms with E-state index in [1.54, 1.807) is 60.7 Å². The van der Waals surface area contributed by atoms with Gasteiger partial charge in [-0.15, -0.1) is 0 Å². The first-order valence-electron chi connectivity index (χ1n) is 14.9. The lowest BCUT2D eigenvalue weighted by Crippen LogP contribution is -2.54. The van der Waals surface area contributed by atoms with Gasteiger partial charge < -0.3 is 20.5 Å². The van der Waals surface area contributed by atoms with E-state index in [2.05, 4.69) is 5.32 Å². The minimum atomic E-state index is -4.96. The maximum Gasteiger partial charge on any atom is 0.405 e. The molecule has 0 aliphatic rings. The van der Waals surface area contributed by atoms with Crippen LogP contribution in [0.5, 0.6) is 5.75 Å². The predicted molar refractivity (Wildman–Crippen MR) is 171 cm³/mol. The summed E-state index contributed by atoms with van der Waals surface area (Å²) in [7, 11) is 0. The highest BCUT2D eigenvalue weighted by Crippen LogP contribution is 2.32. The summed E-state index contributed by atoms with van der Waals surface area (Å²) >= 11 is 12.2. The number of hydrogen-bond donors (Lipinski definition) is 3. The normalized spacial score (nSPS) is 14.5. The molecule has 4 atom stereocenters. The molecule has 0 radical (unpaired) electrons. The highest BCUT2D eigenvalue weighted by atomic mass is 35.5. The fourth-order valence-corrected chi connectivity index (χ4v) is 5.43. The summed E-state index contributed by atoms with van der Waals surface area (Å²) in [6, 6.07) is 20.4. The highest BCUT2D eigenvalue weighted by molar-refractivity contribution is 6.34. The molecule has 0 spiro atoms. The van der Waals surface area contributed by atoms with E-state index in [0.717, 1.165) is 5.32 Å². The summed E-state index contributed by atoms with van der Waals surface area (Å²) in [4.78, 5) is 39.6. The quantitative estimate of drug-likeness (QED) is 0.145. The summed E-state index contributed by atoms with van der Waals surface area (Å²) in [5, 5.41) is 14.8. The topological polar surface area (TPSA) is 105 Å². The first kappa shape index (κ1) is 38.7. The fraction of sp³-hybridized carbons (Fsp3) is 0.382. The Kier molecular flexibility index (Phi) is 13.8. The zero-order chi connectivity index (χ0) is 35.6. The molecule has 0 saturated carbocycles. The van der Waals surface area contributed by atoms with Gasteiger partial charge >= 0.3 is 12.1 Å². The second-order valence-electron chi connectivity index (χ2n) is 11.6. The summed E-state index contributed by atoms with van der Waals surface area (Å²) in [6.07, 6.45) is -9.77. The van der Waals surface area contributed by atoms with Crippen LogP contribution in [-0.2, 0) is 27.2 Å². The molecular formula is C34H35Cl2F5N2O5. The van der Waals surface area contributed by atoms with Gasteiger partial charge in [0.1, 0.15) is 18.4 Å². The minimum Gasteiger partial charge on any atom is -0.480 e. The van der Waals surface area contributed by atoms with E-state index in [0.29, 0.717) is 11.1 Å². The van der Waals surface area contributed by atoms with Crippen LogP contribution in [0.15, 0.2) is 78.9 Å². The molecule has 0 aliphatic heterocycles. The van der Waals surface area contributed by atoms with Crippen LogP contribution >= 0.6 is 23.2 Å². The smallest absolute Gasteiger partial charge is 0.405 e. The van der Waals surface area contributed by atoms with E-state index >= 15 is 0 Å². The monoisotopic (exact) mass is 716 g/mol.